The average molecular weight is 1370 g/mol. The normalized spacial score (nSPS) is 14.4. The number of hydrogen-bond donors (Lipinski definition) is 3. The molecule has 0 aromatic rings. The Morgan fingerprint density at radius 3 is 0.817 bits per heavy atom. The molecule has 17 nitrogen and oxygen atoms in total. The molecule has 0 aliphatic carbocycles. The van der Waals surface area contributed by atoms with Crippen molar-refractivity contribution in [3.05, 3.63) is 0 Å². The monoisotopic (exact) mass is 1370 g/mol. The average Bonchev–Trinajstić information content (AvgIpc) is 3.68. The van der Waals surface area contributed by atoms with Crippen LogP contribution in [0.4, 0.5) is 0 Å². The van der Waals surface area contributed by atoms with E-state index in [-0.39, 0.29) is 25.7 Å². The van der Waals surface area contributed by atoms with E-state index in [1.165, 1.54) is 186 Å². The molecular formula is C74H144O17P2. The molecule has 0 heterocycles. The molecule has 0 fully saturated rings. The molecule has 0 bridgehead atoms. The van der Waals surface area contributed by atoms with Gasteiger partial charge in [0.05, 0.1) is 26.4 Å². The molecule has 0 aromatic heterocycles. The van der Waals surface area contributed by atoms with Crippen molar-refractivity contribution in [2.45, 2.75) is 394 Å². The van der Waals surface area contributed by atoms with Crippen LogP contribution in [0.15, 0.2) is 0 Å². The van der Waals surface area contributed by atoms with Crippen LogP contribution in [0.2, 0.25) is 0 Å². The summed E-state index contributed by atoms with van der Waals surface area (Å²) in [6.45, 7) is 11.9. The summed E-state index contributed by atoms with van der Waals surface area (Å²) in [5, 5.41) is 10.6. The Morgan fingerprint density at radius 1 is 0.312 bits per heavy atom. The molecule has 0 aliphatic heterocycles. The van der Waals surface area contributed by atoms with Crippen LogP contribution >= 0.6 is 15.6 Å². The Balaban J connectivity index is 5.27. The highest BCUT2D eigenvalue weighted by Crippen LogP contribution is 2.45. The first-order chi connectivity index (χ1) is 44.8. The van der Waals surface area contributed by atoms with Gasteiger partial charge >= 0.3 is 39.5 Å². The number of esters is 4. The predicted molar refractivity (Wildman–Crippen MR) is 377 cm³/mol. The lowest BCUT2D eigenvalue weighted by Gasteiger charge is -2.21. The van der Waals surface area contributed by atoms with Crippen LogP contribution in [0.5, 0.6) is 0 Å². The number of phosphoric acid groups is 2. The molecule has 0 saturated heterocycles. The van der Waals surface area contributed by atoms with Gasteiger partial charge in [0.25, 0.3) is 0 Å². The van der Waals surface area contributed by atoms with Gasteiger partial charge in [-0.05, 0) is 43.4 Å². The Morgan fingerprint density at radius 2 is 0.548 bits per heavy atom. The number of aliphatic hydroxyl groups excluding tert-OH is 1. The molecule has 19 heteroatoms. The second-order valence-electron chi connectivity index (χ2n) is 27.9. The molecule has 552 valence electrons. The minimum atomic E-state index is -4.96. The second kappa shape index (κ2) is 64.7. The van der Waals surface area contributed by atoms with Gasteiger partial charge in [0, 0.05) is 25.7 Å². The zero-order chi connectivity index (χ0) is 68.7. The fraction of sp³-hybridized carbons (Fsp3) is 0.946. The summed E-state index contributed by atoms with van der Waals surface area (Å²) in [5.41, 5.74) is 0. The highest BCUT2D eigenvalue weighted by atomic mass is 31.2. The van der Waals surface area contributed by atoms with Gasteiger partial charge in [0.2, 0.25) is 0 Å². The van der Waals surface area contributed by atoms with Crippen molar-refractivity contribution in [2.24, 2.45) is 17.8 Å². The fourth-order valence-corrected chi connectivity index (χ4v) is 12.8. The number of rotatable bonds is 72. The van der Waals surface area contributed by atoms with Gasteiger partial charge in [-0.2, -0.15) is 0 Å². The lowest BCUT2D eigenvalue weighted by atomic mass is 9.99. The van der Waals surface area contributed by atoms with Crippen molar-refractivity contribution in [3.63, 3.8) is 0 Å². The van der Waals surface area contributed by atoms with Gasteiger partial charge in [-0.3, -0.25) is 37.3 Å². The highest BCUT2D eigenvalue weighted by Gasteiger charge is 2.30. The van der Waals surface area contributed by atoms with Gasteiger partial charge in [0.1, 0.15) is 19.3 Å². The Kier molecular flexibility index (Phi) is 63.4. The van der Waals surface area contributed by atoms with E-state index in [0.29, 0.717) is 25.7 Å². The van der Waals surface area contributed by atoms with Crippen LogP contribution in [0, 0.1) is 17.8 Å². The first-order valence-electron chi connectivity index (χ1n) is 38.4. The van der Waals surface area contributed by atoms with Gasteiger partial charge < -0.3 is 33.8 Å². The molecule has 0 radical (unpaired) electrons. The minimum absolute atomic E-state index is 0.105. The SMILES string of the molecule is CCCCCCCCCCCCCCCCCC(=O)O[C@H](COC(=O)CCCCCCCCCCCCCC(C)C)COP(=O)(O)OC[C@@H](O)COP(=O)(O)OC[C@@H](COC(=O)CCCCCCCCCCC(C)CC)OC(=O)CCCCCCCCCCCC(C)C. The predicted octanol–water partition coefficient (Wildman–Crippen LogP) is 21.4. The summed E-state index contributed by atoms with van der Waals surface area (Å²) in [5.74, 6) is 0.165. The first kappa shape index (κ1) is 91.1. The fourth-order valence-electron chi connectivity index (χ4n) is 11.2. The topological polar surface area (TPSA) is 237 Å². The summed E-state index contributed by atoms with van der Waals surface area (Å²) in [4.78, 5) is 72.8. The number of phosphoric ester groups is 2. The summed E-state index contributed by atoms with van der Waals surface area (Å²) < 4.78 is 68.5. The third-order valence-corrected chi connectivity index (χ3v) is 19.4. The van der Waals surface area contributed by atoms with Gasteiger partial charge in [-0.15, -0.1) is 0 Å². The van der Waals surface area contributed by atoms with Crippen LogP contribution in [0.25, 0.3) is 0 Å². The van der Waals surface area contributed by atoms with Crippen LogP contribution in [0.1, 0.15) is 376 Å². The van der Waals surface area contributed by atoms with E-state index < -0.39 is 97.5 Å². The van der Waals surface area contributed by atoms with E-state index in [1.807, 2.05) is 0 Å². The molecule has 93 heavy (non-hydrogen) atoms. The summed E-state index contributed by atoms with van der Waals surface area (Å²) in [6.07, 6.45) is 49.8. The Hall–Kier alpha value is -1.94. The molecule has 0 amide bonds. The van der Waals surface area contributed by atoms with E-state index in [4.69, 9.17) is 37.0 Å². The van der Waals surface area contributed by atoms with Crippen LogP contribution in [0.3, 0.4) is 0 Å². The van der Waals surface area contributed by atoms with E-state index in [1.54, 1.807) is 0 Å². The van der Waals surface area contributed by atoms with E-state index in [0.717, 1.165) is 108 Å². The Bertz CT molecular complexity index is 1820. The number of carbonyl (C=O) groups is 4. The third-order valence-electron chi connectivity index (χ3n) is 17.5. The standard InChI is InChI=1S/C74H144O17P2/c1-8-10-11-12-13-14-15-16-17-18-21-27-36-43-50-57-73(78)90-69(61-84-71(76)55-48-41-34-26-22-19-20-24-31-38-45-52-65(3)4)63-88-92(80,81)86-59-68(75)60-87-93(82,83)89-64-70(91-74(79)58-51-44-37-28-23-25-32-39-46-53-66(5)6)62-85-72(77)56-49-42-35-30-29-33-40-47-54-67(7)9-2/h65-70,75H,8-64H2,1-7H3,(H,80,81)(H,82,83)/t67?,68-,69-,70-/m1/s1. The van der Waals surface area contributed by atoms with Gasteiger partial charge in [-0.25, -0.2) is 9.13 Å². The molecule has 3 N–H and O–H groups in total. The number of hydrogen-bond acceptors (Lipinski definition) is 15. The molecule has 0 aliphatic rings. The van der Waals surface area contributed by atoms with Crippen molar-refractivity contribution in [1.29, 1.82) is 0 Å². The quantitative estimate of drug-likeness (QED) is 0.0222. The summed E-state index contributed by atoms with van der Waals surface area (Å²) in [7, 11) is -9.91. The lowest BCUT2D eigenvalue weighted by Crippen LogP contribution is -2.30. The van der Waals surface area contributed by atoms with Crippen LogP contribution < -0.4 is 0 Å². The summed E-state index contributed by atoms with van der Waals surface area (Å²) in [6, 6.07) is 0. The zero-order valence-electron chi connectivity index (χ0n) is 60.7. The van der Waals surface area contributed by atoms with Crippen molar-refractivity contribution in [1.82, 2.24) is 0 Å². The molecule has 0 spiro atoms. The number of ether oxygens (including phenoxy) is 4. The summed E-state index contributed by atoms with van der Waals surface area (Å²) >= 11 is 0. The van der Waals surface area contributed by atoms with Crippen LogP contribution in [-0.2, 0) is 65.4 Å². The molecule has 0 aromatic carbocycles. The van der Waals surface area contributed by atoms with Crippen molar-refractivity contribution >= 4 is 39.5 Å². The Labute approximate surface area is 568 Å². The maximum atomic E-state index is 13.1. The van der Waals surface area contributed by atoms with E-state index >= 15 is 0 Å². The third kappa shape index (κ3) is 67.0. The molecule has 3 unspecified atom stereocenters. The smallest absolute Gasteiger partial charge is 0.462 e. The number of carbonyl (C=O) groups excluding carboxylic acids is 4. The van der Waals surface area contributed by atoms with Crippen LogP contribution in [-0.4, -0.2) is 96.7 Å². The van der Waals surface area contributed by atoms with Gasteiger partial charge in [0.15, 0.2) is 12.2 Å². The zero-order valence-corrected chi connectivity index (χ0v) is 62.5. The maximum Gasteiger partial charge on any atom is 0.472 e. The minimum Gasteiger partial charge on any atom is -0.462 e. The van der Waals surface area contributed by atoms with Gasteiger partial charge in [-0.1, -0.05) is 325 Å². The van der Waals surface area contributed by atoms with Crippen molar-refractivity contribution in [2.75, 3.05) is 39.6 Å². The molecule has 0 rings (SSSR count). The largest absolute Gasteiger partial charge is 0.472 e. The second-order valence-corrected chi connectivity index (χ2v) is 30.8. The highest BCUT2D eigenvalue weighted by molar-refractivity contribution is 7.47. The van der Waals surface area contributed by atoms with Crippen molar-refractivity contribution in [3.8, 4) is 0 Å². The lowest BCUT2D eigenvalue weighted by molar-refractivity contribution is -0.161. The molecular weight excluding hydrogens is 1220 g/mol. The molecule has 6 atom stereocenters. The maximum absolute atomic E-state index is 13.1. The number of unbranched alkanes of at least 4 members (excludes halogenated alkanes) is 39. The van der Waals surface area contributed by atoms with E-state index in [2.05, 4.69) is 48.5 Å². The molecule has 0 saturated carbocycles. The first-order valence-corrected chi connectivity index (χ1v) is 41.4. The van der Waals surface area contributed by atoms with Crippen molar-refractivity contribution < 1.29 is 80.2 Å². The number of aliphatic hydroxyl groups is 1. The van der Waals surface area contributed by atoms with E-state index in [9.17, 15) is 43.2 Å².